The summed E-state index contributed by atoms with van der Waals surface area (Å²) in [6.45, 7) is 0.495. The van der Waals surface area contributed by atoms with E-state index in [0.29, 0.717) is 6.54 Å². The summed E-state index contributed by atoms with van der Waals surface area (Å²) >= 11 is 0. The average molecular weight is 251 g/mol. The van der Waals surface area contributed by atoms with E-state index in [-0.39, 0.29) is 19.2 Å². The van der Waals surface area contributed by atoms with Gasteiger partial charge in [-0.15, -0.1) is 0 Å². The van der Waals surface area contributed by atoms with Gasteiger partial charge in [0.15, 0.2) is 0 Å². The molecule has 6 heteroatoms. The molecule has 0 saturated heterocycles. The van der Waals surface area contributed by atoms with E-state index in [4.69, 9.17) is 5.11 Å². The molecule has 1 aliphatic heterocycles. The number of anilines is 2. The zero-order valence-electron chi connectivity index (χ0n) is 10.2. The molecule has 0 radical (unpaired) electrons. The molecule has 0 spiro atoms. The van der Waals surface area contributed by atoms with Crippen molar-refractivity contribution in [1.82, 2.24) is 4.90 Å². The topological polar surface area (TPSA) is 84.8 Å². The number of rotatable bonds is 4. The molecule has 2 amide bonds. The van der Waals surface area contributed by atoms with Gasteiger partial charge in [-0.25, -0.2) is 4.79 Å². The molecule has 1 unspecified atom stereocenters. The quantitative estimate of drug-likeness (QED) is 0.625. The Hall–Kier alpha value is -1.79. The molecule has 1 heterocycles. The molecular weight excluding hydrogens is 234 g/mol. The maximum atomic E-state index is 11.6. The van der Waals surface area contributed by atoms with Crippen molar-refractivity contribution in [2.24, 2.45) is 0 Å². The minimum Gasteiger partial charge on any atom is -0.394 e. The monoisotopic (exact) mass is 251 g/mol. The second-order valence-electron chi connectivity index (χ2n) is 4.34. The van der Waals surface area contributed by atoms with Gasteiger partial charge in [-0.3, -0.25) is 0 Å². The lowest BCUT2D eigenvalue weighted by atomic mass is 10.1. The maximum Gasteiger partial charge on any atom is 0.321 e. The third kappa shape index (κ3) is 2.55. The van der Waals surface area contributed by atoms with Gasteiger partial charge in [0.05, 0.1) is 24.1 Å². The molecule has 0 aliphatic carbocycles. The van der Waals surface area contributed by atoms with E-state index in [1.54, 1.807) is 11.9 Å². The van der Waals surface area contributed by atoms with Gasteiger partial charge in [0.25, 0.3) is 0 Å². The van der Waals surface area contributed by atoms with Crippen molar-refractivity contribution in [3.63, 3.8) is 0 Å². The van der Waals surface area contributed by atoms with Crippen molar-refractivity contribution in [2.75, 3.05) is 30.8 Å². The van der Waals surface area contributed by atoms with Crippen molar-refractivity contribution in [2.45, 2.75) is 12.6 Å². The van der Waals surface area contributed by atoms with Crippen LogP contribution in [0.3, 0.4) is 0 Å². The van der Waals surface area contributed by atoms with Crippen molar-refractivity contribution in [3.05, 3.63) is 23.8 Å². The predicted molar refractivity (Wildman–Crippen MR) is 68.5 cm³/mol. The normalized spacial score (nSPS) is 15.9. The molecule has 1 aromatic rings. The lowest BCUT2D eigenvalue weighted by molar-refractivity contribution is 0.105. The predicted octanol–water partition coefficient (Wildman–Crippen LogP) is 0.429. The summed E-state index contributed by atoms with van der Waals surface area (Å²) in [4.78, 5) is 13.2. The van der Waals surface area contributed by atoms with E-state index >= 15 is 0 Å². The largest absolute Gasteiger partial charge is 0.394 e. The Labute approximate surface area is 105 Å². The molecule has 1 atom stereocenters. The number of hydrogen-bond donors (Lipinski definition) is 4. The van der Waals surface area contributed by atoms with E-state index in [0.717, 1.165) is 16.9 Å². The number of aliphatic hydroxyl groups excluding tert-OH is 2. The molecule has 98 valence electrons. The first kappa shape index (κ1) is 12.7. The average Bonchev–Trinajstić information content (AvgIpc) is 2.37. The van der Waals surface area contributed by atoms with Crippen molar-refractivity contribution < 1.29 is 15.0 Å². The number of nitrogens with zero attached hydrogens (tertiary/aromatic N) is 1. The fraction of sp³-hybridized carbons (Fsp3) is 0.417. The second kappa shape index (κ2) is 5.24. The van der Waals surface area contributed by atoms with Gasteiger partial charge in [0.2, 0.25) is 0 Å². The zero-order chi connectivity index (χ0) is 13.1. The smallest absolute Gasteiger partial charge is 0.321 e. The third-order valence-electron chi connectivity index (χ3n) is 2.88. The number of carbonyl (C=O) groups excluding carboxylic acids is 1. The Bertz CT molecular complexity index is 450. The standard InChI is InChI=1S/C12H17N3O3/c1-15-6-8-3-2-4-10(11(8)14-12(15)18)13-5-9(17)7-16/h2-4,9,13,16-17H,5-7H2,1H3,(H,14,18). The fourth-order valence-corrected chi connectivity index (χ4v) is 1.85. The second-order valence-corrected chi connectivity index (χ2v) is 4.34. The van der Waals surface area contributed by atoms with Gasteiger partial charge < -0.3 is 25.7 Å². The zero-order valence-corrected chi connectivity index (χ0v) is 10.2. The number of carbonyl (C=O) groups is 1. The van der Waals surface area contributed by atoms with Crippen LogP contribution in [0, 0.1) is 0 Å². The van der Waals surface area contributed by atoms with Crippen LogP contribution >= 0.6 is 0 Å². The van der Waals surface area contributed by atoms with Gasteiger partial charge in [0.1, 0.15) is 0 Å². The van der Waals surface area contributed by atoms with Gasteiger partial charge in [-0.2, -0.15) is 0 Å². The highest BCUT2D eigenvalue weighted by Gasteiger charge is 2.21. The molecule has 2 rings (SSSR count). The molecular formula is C12H17N3O3. The number of urea groups is 1. The van der Waals surface area contributed by atoms with Crippen LogP contribution in [0.15, 0.2) is 18.2 Å². The van der Waals surface area contributed by atoms with Crippen LogP contribution in [0.1, 0.15) is 5.56 Å². The summed E-state index contributed by atoms with van der Waals surface area (Å²) in [5, 5.41) is 23.9. The number of amides is 2. The van der Waals surface area contributed by atoms with E-state index in [1.165, 1.54) is 0 Å². The number of hydrogen-bond acceptors (Lipinski definition) is 4. The summed E-state index contributed by atoms with van der Waals surface area (Å²) in [5.41, 5.74) is 2.51. The van der Waals surface area contributed by atoms with Crippen molar-refractivity contribution in [1.29, 1.82) is 0 Å². The number of benzene rings is 1. The van der Waals surface area contributed by atoms with E-state index < -0.39 is 6.10 Å². The molecule has 0 aromatic heterocycles. The number of nitrogens with one attached hydrogen (secondary N) is 2. The minimum atomic E-state index is -0.817. The number of fused-ring (bicyclic) bond motifs is 1. The summed E-state index contributed by atoms with van der Waals surface area (Å²) < 4.78 is 0. The van der Waals surface area contributed by atoms with Crippen molar-refractivity contribution in [3.8, 4) is 0 Å². The van der Waals surface area contributed by atoms with E-state index in [9.17, 15) is 9.90 Å². The molecule has 0 fully saturated rings. The van der Waals surface area contributed by atoms with Crippen LogP contribution in [0.25, 0.3) is 0 Å². The van der Waals surface area contributed by atoms with Gasteiger partial charge in [0, 0.05) is 20.1 Å². The maximum absolute atomic E-state index is 11.6. The summed E-state index contributed by atoms with van der Waals surface area (Å²) in [5.74, 6) is 0. The van der Waals surface area contributed by atoms with E-state index in [2.05, 4.69) is 10.6 Å². The van der Waals surface area contributed by atoms with Crippen LogP contribution in [0.5, 0.6) is 0 Å². The summed E-state index contributed by atoms with van der Waals surface area (Å²) in [6.07, 6.45) is -0.817. The lowest BCUT2D eigenvalue weighted by Crippen LogP contribution is -2.36. The molecule has 1 aliphatic rings. The number of para-hydroxylation sites is 1. The van der Waals surface area contributed by atoms with Gasteiger partial charge in [-0.05, 0) is 11.6 Å². The van der Waals surface area contributed by atoms with Crippen LogP contribution in [-0.4, -0.2) is 47.4 Å². The van der Waals surface area contributed by atoms with Crippen LogP contribution in [0.4, 0.5) is 16.2 Å². The van der Waals surface area contributed by atoms with Gasteiger partial charge in [-0.1, -0.05) is 12.1 Å². The minimum absolute atomic E-state index is 0.153. The Balaban J connectivity index is 2.17. The van der Waals surface area contributed by atoms with Crippen molar-refractivity contribution >= 4 is 17.4 Å². The molecule has 6 nitrogen and oxygen atoms in total. The first-order valence-corrected chi connectivity index (χ1v) is 5.78. The SMILES string of the molecule is CN1Cc2cccc(NCC(O)CO)c2NC1=O. The fourth-order valence-electron chi connectivity index (χ4n) is 1.85. The molecule has 1 aromatic carbocycles. The van der Waals surface area contributed by atoms with Crippen LogP contribution < -0.4 is 10.6 Å². The molecule has 0 saturated carbocycles. The van der Waals surface area contributed by atoms with Crippen LogP contribution in [-0.2, 0) is 6.54 Å². The van der Waals surface area contributed by atoms with E-state index in [1.807, 2.05) is 18.2 Å². The number of aliphatic hydroxyl groups is 2. The Morgan fingerprint density at radius 2 is 2.33 bits per heavy atom. The molecule has 18 heavy (non-hydrogen) atoms. The Kier molecular flexibility index (Phi) is 3.69. The first-order valence-electron chi connectivity index (χ1n) is 5.78. The Morgan fingerprint density at radius 3 is 3.06 bits per heavy atom. The van der Waals surface area contributed by atoms with Gasteiger partial charge >= 0.3 is 6.03 Å². The highest BCUT2D eigenvalue weighted by Crippen LogP contribution is 2.30. The lowest BCUT2D eigenvalue weighted by Gasteiger charge is -2.28. The van der Waals surface area contributed by atoms with Crippen LogP contribution in [0.2, 0.25) is 0 Å². The highest BCUT2D eigenvalue weighted by atomic mass is 16.3. The first-order chi connectivity index (χ1) is 8.61. The summed E-state index contributed by atoms with van der Waals surface area (Å²) in [7, 11) is 1.73. The Morgan fingerprint density at radius 1 is 1.56 bits per heavy atom. The third-order valence-corrected chi connectivity index (χ3v) is 2.88. The molecule has 0 bridgehead atoms. The summed E-state index contributed by atoms with van der Waals surface area (Å²) in [6, 6.07) is 5.50. The molecule has 4 N–H and O–H groups in total. The highest BCUT2D eigenvalue weighted by molar-refractivity contribution is 5.96.